The standard InChI is InChI=1S/C17H14N4O4S/c22-15(9-26-17-18-8-12-3-1-2-6-21(12)17)20-16(23)19-11-4-5-13-14(7-11)25-10-24-13/h1-8H,9-10H2,(H2,19,20,22,23). The Bertz CT molecular complexity index is 988. The van der Waals surface area contributed by atoms with Gasteiger partial charge >= 0.3 is 6.03 Å². The zero-order chi connectivity index (χ0) is 17.9. The molecule has 0 fully saturated rings. The highest BCUT2D eigenvalue weighted by atomic mass is 32.2. The highest BCUT2D eigenvalue weighted by molar-refractivity contribution is 7.99. The van der Waals surface area contributed by atoms with Crippen LogP contribution in [0.25, 0.3) is 5.52 Å². The van der Waals surface area contributed by atoms with Gasteiger partial charge in [-0.2, -0.15) is 0 Å². The molecule has 2 aromatic heterocycles. The van der Waals surface area contributed by atoms with E-state index in [1.54, 1.807) is 24.4 Å². The van der Waals surface area contributed by atoms with E-state index in [0.29, 0.717) is 22.3 Å². The van der Waals surface area contributed by atoms with Crippen LogP contribution in [0.1, 0.15) is 0 Å². The number of thioether (sulfide) groups is 1. The Kier molecular flexibility index (Phi) is 4.36. The average molecular weight is 370 g/mol. The fourth-order valence-corrected chi connectivity index (χ4v) is 3.22. The van der Waals surface area contributed by atoms with Crippen molar-refractivity contribution >= 4 is 34.9 Å². The molecule has 1 aromatic carbocycles. The smallest absolute Gasteiger partial charge is 0.325 e. The van der Waals surface area contributed by atoms with Crippen molar-refractivity contribution in [1.82, 2.24) is 14.7 Å². The maximum absolute atomic E-state index is 12.0. The van der Waals surface area contributed by atoms with E-state index < -0.39 is 11.9 Å². The van der Waals surface area contributed by atoms with Crippen molar-refractivity contribution in [3.63, 3.8) is 0 Å². The topological polar surface area (TPSA) is 94.0 Å². The summed E-state index contributed by atoms with van der Waals surface area (Å²) in [7, 11) is 0. The van der Waals surface area contributed by atoms with Gasteiger partial charge in [-0.25, -0.2) is 9.78 Å². The number of amides is 3. The Hall–Kier alpha value is -3.20. The number of carbonyl (C=O) groups excluding carboxylic acids is 2. The van der Waals surface area contributed by atoms with E-state index in [1.807, 2.05) is 28.8 Å². The summed E-state index contributed by atoms with van der Waals surface area (Å²) in [6.07, 6.45) is 3.60. The molecule has 132 valence electrons. The molecule has 0 unspecified atom stereocenters. The predicted octanol–water partition coefficient (Wildman–Crippen LogP) is 2.50. The Balaban J connectivity index is 1.31. The van der Waals surface area contributed by atoms with Crippen molar-refractivity contribution in [2.45, 2.75) is 5.16 Å². The van der Waals surface area contributed by atoms with E-state index in [0.717, 1.165) is 5.52 Å². The van der Waals surface area contributed by atoms with Gasteiger partial charge in [-0.3, -0.25) is 14.5 Å². The molecule has 0 aliphatic carbocycles. The van der Waals surface area contributed by atoms with Crippen molar-refractivity contribution < 1.29 is 19.1 Å². The Morgan fingerprint density at radius 2 is 2.08 bits per heavy atom. The zero-order valence-electron chi connectivity index (χ0n) is 13.5. The third-order valence-corrected chi connectivity index (χ3v) is 4.59. The van der Waals surface area contributed by atoms with Crippen molar-refractivity contribution in [3.05, 3.63) is 48.8 Å². The van der Waals surface area contributed by atoms with Gasteiger partial charge in [0.2, 0.25) is 12.7 Å². The summed E-state index contributed by atoms with van der Waals surface area (Å²) in [5, 5.41) is 5.56. The third-order valence-electron chi connectivity index (χ3n) is 3.62. The van der Waals surface area contributed by atoms with Gasteiger partial charge in [-0.15, -0.1) is 0 Å². The minimum absolute atomic E-state index is 0.0720. The van der Waals surface area contributed by atoms with Gasteiger partial charge in [0, 0.05) is 18.0 Å². The predicted molar refractivity (Wildman–Crippen MR) is 95.6 cm³/mol. The summed E-state index contributed by atoms with van der Waals surface area (Å²) in [5.41, 5.74) is 1.45. The number of aromatic nitrogens is 2. The van der Waals surface area contributed by atoms with Crippen molar-refractivity contribution in [3.8, 4) is 11.5 Å². The van der Waals surface area contributed by atoms with Crippen LogP contribution in [0.4, 0.5) is 10.5 Å². The van der Waals surface area contributed by atoms with E-state index >= 15 is 0 Å². The normalized spacial score (nSPS) is 12.2. The van der Waals surface area contributed by atoms with E-state index in [-0.39, 0.29) is 12.5 Å². The van der Waals surface area contributed by atoms with Crippen molar-refractivity contribution in [1.29, 1.82) is 0 Å². The zero-order valence-corrected chi connectivity index (χ0v) is 14.3. The number of rotatable bonds is 4. The van der Waals surface area contributed by atoms with Crippen LogP contribution in [-0.2, 0) is 4.79 Å². The lowest BCUT2D eigenvalue weighted by atomic mass is 10.3. The number of nitrogens with zero attached hydrogens (tertiary/aromatic N) is 2. The van der Waals surface area contributed by atoms with Crippen molar-refractivity contribution in [2.75, 3.05) is 17.9 Å². The Labute approximate surface area is 152 Å². The van der Waals surface area contributed by atoms with Crippen LogP contribution in [-0.4, -0.2) is 33.9 Å². The lowest BCUT2D eigenvalue weighted by molar-refractivity contribution is -0.117. The number of imide groups is 1. The number of pyridine rings is 1. The molecule has 1 aliphatic rings. The molecule has 8 nitrogen and oxygen atoms in total. The number of imidazole rings is 1. The number of ether oxygens (including phenoxy) is 2. The monoisotopic (exact) mass is 370 g/mol. The van der Waals surface area contributed by atoms with E-state index in [1.165, 1.54) is 11.8 Å². The molecular formula is C17H14N4O4S. The van der Waals surface area contributed by atoms with Crippen LogP contribution in [0.5, 0.6) is 11.5 Å². The molecule has 0 bridgehead atoms. The van der Waals surface area contributed by atoms with Crippen LogP contribution in [0.3, 0.4) is 0 Å². The molecule has 26 heavy (non-hydrogen) atoms. The van der Waals surface area contributed by atoms with Gasteiger partial charge in [0.25, 0.3) is 0 Å². The molecule has 0 spiro atoms. The summed E-state index contributed by atoms with van der Waals surface area (Å²) < 4.78 is 12.3. The first-order valence-corrected chi connectivity index (χ1v) is 8.73. The average Bonchev–Trinajstić information content (AvgIpc) is 3.26. The summed E-state index contributed by atoms with van der Waals surface area (Å²) in [5.74, 6) is 0.829. The van der Waals surface area contributed by atoms with E-state index in [9.17, 15) is 9.59 Å². The van der Waals surface area contributed by atoms with Crippen LogP contribution >= 0.6 is 11.8 Å². The van der Waals surface area contributed by atoms with Gasteiger partial charge in [0.1, 0.15) is 0 Å². The number of hydrogen-bond acceptors (Lipinski definition) is 6. The SMILES string of the molecule is O=C(CSc1ncc2ccccn12)NC(=O)Nc1ccc2c(c1)OCO2. The fourth-order valence-electron chi connectivity index (χ4n) is 2.46. The number of anilines is 1. The lowest BCUT2D eigenvalue weighted by Crippen LogP contribution is -2.35. The first kappa shape index (κ1) is 16.3. The van der Waals surface area contributed by atoms with Gasteiger partial charge in [0.15, 0.2) is 16.7 Å². The maximum Gasteiger partial charge on any atom is 0.325 e. The van der Waals surface area contributed by atoms with Crippen LogP contribution in [0, 0.1) is 0 Å². The summed E-state index contributed by atoms with van der Waals surface area (Å²) >= 11 is 1.25. The largest absolute Gasteiger partial charge is 0.454 e. The second-order valence-corrected chi connectivity index (χ2v) is 6.34. The van der Waals surface area contributed by atoms with Crippen molar-refractivity contribution in [2.24, 2.45) is 0 Å². The van der Waals surface area contributed by atoms with Gasteiger partial charge < -0.3 is 14.8 Å². The first-order chi connectivity index (χ1) is 12.7. The minimum atomic E-state index is -0.609. The molecule has 0 saturated heterocycles. The number of fused-ring (bicyclic) bond motifs is 2. The van der Waals surface area contributed by atoms with Crippen LogP contribution in [0.15, 0.2) is 53.9 Å². The number of carbonyl (C=O) groups is 2. The molecule has 3 amide bonds. The highest BCUT2D eigenvalue weighted by Gasteiger charge is 2.15. The molecular weight excluding hydrogens is 356 g/mol. The molecule has 1 aliphatic heterocycles. The molecule has 3 heterocycles. The quantitative estimate of drug-likeness (QED) is 0.686. The number of hydrogen-bond donors (Lipinski definition) is 2. The molecule has 0 saturated carbocycles. The van der Waals surface area contributed by atoms with Gasteiger partial charge in [-0.1, -0.05) is 17.8 Å². The Morgan fingerprint density at radius 1 is 1.19 bits per heavy atom. The van der Waals surface area contributed by atoms with E-state index in [4.69, 9.17) is 9.47 Å². The molecule has 3 aromatic rings. The second kappa shape index (κ2) is 6.96. The Morgan fingerprint density at radius 3 is 3.00 bits per heavy atom. The third kappa shape index (κ3) is 3.42. The molecule has 0 radical (unpaired) electrons. The second-order valence-electron chi connectivity index (χ2n) is 5.40. The summed E-state index contributed by atoms with van der Waals surface area (Å²) in [6, 6.07) is 10.1. The van der Waals surface area contributed by atoms with Gasteiger partial charge in [0.05, 0.1) is 17.5 Å². The lowest BCUT2D eigenvalue weighted by Gasteiger charge is -2.07. The first-order valence-electron chi connectivity index (χ1n) is 7.74. The number of urea groups is 1. The number of nitrogens with one attached hydrogen (secondary N) is 2. The molecule has 4 rings (SSSR count). The minimum Gasteiger partial charge on any atom is -0.454 e. The number of benzene rings is 1. The van der Waals surface area contributed by atoms with Crippen LogP contribution in [0.2, 0.25) is 0 Å². The van der Waals surface area contributed by atoms with E-state index in [2.05, 4.69) is 15.6 Å². The fraction of sp³-hybridized carbons (Fsp3) is 0.118. The molecule has 0 atom stereocenters. The highest BCUT2D eigenvalue weighted by Crippen LogP contribution is 2.34. The molecule has 2 N–H and O–H groups in total. The summed E-state index contributed by atoms with van der Waals surface area (Å²) in [6.45, 7) is 0.156. The molecule has 9 heteroatoms. The van der Waals surface area contributed by atoms with Crippen LogP contribution < -0.4 is 20.1 Å². The maximum atomic E-state index is 12.0. The van der Waals surface area contributed by atoms with Gasteiger partial charge in [-0.05, 0) is 24.3 Å². The summed E-state index contributed by atoms with van der Waals surface area (Å²) in [4.78, 5) is 28.2.